The van der Waals surface area contributed by atoms with Gasteiger partial charge in [-0.2, -0.15) is 0 Å². The summed E-state index contributed by atoms with van der Waals surface area (Å²) in [6.07, 6.45) is 5.12. The van der Waals surface area contributed by atoms with Crippen LogP contribution >= 0.6 is 0 Å². The molecule has 0 aliphatic rings. The second kappa shape index (κ2) is 6.31. The van der Waals surface area contributed by atoms with Gasteiger partial charge in [0, 0.05) is 6.20 Å². The number of rotatable bonds is 6. The van der Waals surface area contributed by atoms with Crippen LogP contribution in [0, 0.1) is 6.92 Å². The van der Waals surface area contributed by atoms with Gasteiger partial charge in [0.2, 0.25) is 0 Å². The van der Waals surface area contributed by atoms with Gasteiger partial charge in [-0.15, -0.1) is 5.10 Å². The maximum atomic E-state index is 5.47. The summed E-state index contributed by atoms with van der Waals surface area (Å²) in [7, 11) is 0. The number of nitrogens with two attached hydrogens (primary N) is 1. The van der Waals surface area contributed by atoms with E-state index in [-0.39, 0.29) is 0 Å². The van der Waals surface area contributed by atoms with Gasteiger partial charge in [0.1, 0.15) is 0 Å². The molecular weight excluding hydrogens is 224 g/mol. The van der Waals surface area contributed by atoms with Gasteiger partial charge in [0.05, 0.1) is 12.2 Å². The second-order valence-electron chi connectivity index (χ2n) is 4.64. The molecule has 4 nitrogen and oxygen atoms in total. The quantitative estimate of drug-likeness (QED) is 0.790. The highest BCUT2D eigenvalue weighted by Crippen LogP contribution is 2.06. The molecule has 0 atom stereocenters. The van der Waals surface area contributed by atoms with Gasteiger partial charge < -0.3 is 5.73 Å². The molecule has 0 bridgehead atoms. The zero-order chi connectivity index (χ0) is 12.8. The molecular formula is C14H20N4. The lowest BCUT2D eigenvalue weighted by molar-refractivity contribution is 0.648. The number of hydrogen-bond donors (Lipinski definition) is 1. The first-order valence-electron chi connectivity index (χ1n) is 6.42. The minimum absolute atomic E-state index is 0.748. The molecule has 0 saturated heterocycles. The van der Waals surface area contributed by atoms with Crippen molar-refractivity contribution in [2.45, 2.75) is 32.7 Å². The first-order valence-corrected chi connectivity index (χ1v) is 6.42. The van der Waals surface area contributed by atoms with E-state index >= 15 is 0 Å². The molecule has 0 fully saturated rings. The van der Waals surface area contributed by atoms with E-state index in [9.17, 15) is 0 Å². The van der Waals surface area contributed by atoms with Crippen molar-refractivity contribution in [2.75, 3.05) is 6.54 Å². The predicted octanol–water partition coefficient (Wildman–Crippen LogP) is 1.92. The topological polar surface area (TPSA) is 56.7 Å². The average molecular weight is 244 g/mol. The third-order valence-corrected chi connectivity index (χ3v) is 2.94. The molecule has 1 aromatic carbocycles. The van der Waals surface area contributed by atoms with Gasteiger partial charge in [0.25, 0.3) is 0 Å². The lowest BCUT2D eigenvalue weighted by Crippen LogP contribution is -2.00. The van der Waals surface area contributed by atoms with E-state index in [0.29, 0.717) is 0 Å². The van der Waals surface area contributed by atoms with Gasteiger partial charge in [-0.25, -0.2) is 4.68 Å². The molecule has 0 aliphatic heterocycles. The molecule has 4 heteroatoms. The standard InChI is InChI=1S/C14H20N4/c1-12-5-7-13(8-6-12)10-18-11-14(16-17-18)4-2-3-9-15/h5-8,11H,2-4,9-10,15H2,1H3. The van der Waals surface area contributed by atoms with Crippen LogP contribution < -0.4 is 5.73 Å². The van der Waals surface area contributed by atoms with E-state index in [4.69, 9.17) is 5.73 Å². The van der Waals surface area contributed by atoms with Gasteiger partial charge in [-0.1, -0.05) is 35.0 Å². The van der Waals surface area contributed by atoms with Crippen LogP contribution in [0.5, 0.6) is 0 Å². The molecule has 2 rings (SSSR count). The Balaban J connectivity index is 1.91. The Kier molecular flexibility index (Phi) is 4.47. The summed E-state index contributed by atoms with van der Waals surface area (Å²) < 4.78 is 1.89. The summed E-state index contributed by atoms with van der Waals surface area (Å²) in [6, 6.07) is 8.50. The zero-order valence-electron chi connectivity index (χ0n) is 10.8. The molecule has 0 saturated carbocycles. The maximum Gasteiger partial charge on any atom is 0.0827 e. The number of unbranched alkanes of at least 4 members (excludes halogenated alkanes) is 1. The Bertz CT molecular complexity index is 473. The van der Waals surface area contributed by atoms with E-state index < -0.39 is 0 Å². The number of aryl methyl sites for hydroxylation is 2. The molecule has 0 aliphatic carbocycles. The van der Waals surface area contributed by atoms with Crippen LogP contribution in [0.4, 0.5) is 0 Å². The molecule has 96 valence electrons. The Labute approximate surface area is 108 Å². The SMILES string of the molecule is Cc1ccc(Cn2cc(CCCCN)nn2)cc1. The Hall–Kier alpha value is -1.68. The highest BCUT2D eigenvalue weighted by Gasteiger charge is 2.01. The first-order chi connectivity index (χ1) is 8.78. The van der Waals surface area contributed by atoms with Gasteiger partial charge in [-0.3, -0.25) is 0 Å². The summed E-state index contributed by atoms with van der Waals surface area (Å²) in [5.41, 5.74) is 9.05. The predicted molar refractivity (Wildman–Crippen MR) is 72.3 cm³/mol. The van der Waals surface area contributed by atoms with Gasteiger partial charge >= 0.3 is 0 Å². The molecule has 2 N–H and O–H groups in total. The van der Waals surface area contributed by atoms with E-state index in [1.807, 2.05) is 10.9 Å². The molecule has 1 aromatic heterocycles. The number of aromatic nitrogens is 3. The Morgan fingerprint density at radius 1 is 1.17 bits per heavy atom. The highest BCUT2D eigenvalue weighted by atomic mass is 15.4. The van der Waals surface area contributed by atoms with Crippen LogP contribution in [-0.2, 0) is 13.0 Å². The van der Waals surface area contributed by atoms with Crippen molar-refractivity contribution in [2.24, 2.45) is 5.73 Å². The molecule has 2 aromatic rings. The molecule has 0 spiro atoms. The van der Waals surface area contributed by atoms with Crippen molar-refractivity contribution in [1.82, 2.24) is 15.0 Å². The normalized spacial score (nSPS) is 10.8. The number of benzene rings is 1. The van der Waals surface area contributed by atoms with Crippen molar-refractivity contribution < 1.29 is 0 Å². The minimum atomic E-state index is 0.748. The van der Waals surface area contributed by atoms with Gasteiger partial charge in [0.15, 0.2) is 0 Å². The molecule has 0 unspecified atom stereocenters. The molecule has 0 radical (unpaired) electrons. The van der Waals surface area contributed by atoms with Crippen LogP contribution in [0.3, 0.4) is 0 Å². The Morgan fingerprint density at radius 2 is 1.94 bits per heavy atom. The van der Waals surface area contributed by atoms with Crippen LogP contribution in [0.1, 0.15) is 29.7 Å². The van der Waals surface area contributed by atoms with Crippen LogP contribution in [0.25, 0.3) is 0 Å². The van der Waals surface area contributed by atoms with E-state index in [0.717, 1.165) is 38.0 Å². The largest absolute Gasteiger partial charge is 0.330 e. The number of hydrogen-bond acceptors (Lipinski definition) is 3. The minimum Gasteiger partial charge on any atom is -0.330 e. The van der Waals surface area contributed by atoms with E-state index in [1.54, 1.807) is 0 Å². The van der Waals surface area contributed by atoms with Crippen LogP contribution in [0.2, 0.25) is 0 Å². The lowest BCUT2D eigenvalue weighted by atomic mass is 10.1. The fourth-order valence-electron chi connectivity index (χ4n) is 1.86. The van der Waals surface area contributed by atoms with Crippen molar-refractivity contribution in [3.63, 3.8) is 0 Å². The van der Waals surface area contributed by atoms with Gasteiger partial charge in [-0.05, 0) is 38.3 Å². The van der Waals surface area contributed by atoms with Crippen molar-refractivity contribution in [3.8, 4) is 0 Å². The molecule has 1 heterocycles. The van der Waals surface area contributed by atoms with E-state index in [2.05, 4.69) is 41.5 Å². The number of nitrogens with zero attached hydrogens (tertiary/aromatic N) is 3. The van der Waals surface area contributed by atoms with Crippen LogP contribution in [0.15, 0.2) is 30.5 Å². The summed E-state index contributed by atoms with van der Waals surface area (Å²) >= 11 is 0. The summed E-state index contributed by atoms with van der Waals surface area (Å²) in [5, 5.41) is 8.32. The monoisotopic (exact) mass is 244 g/mol. The summed E-state index contributed by atoms with van der Waals surface area (Å²) in [4.78, 5) is 0. The van der Waals surface area contributed by atoms with Crippen LogP contribution in [-0.4, -0.2) is 21.5 Å². The van der Waals surface area contributed by atoms with E-state index in [1.165, 1.54) is 11.1 Å². The van der Waals surface area contributed by atoms with Crippen molar-refractivity contribution >= 4 is 0 Å². The third-order valence-electron chi connectivity index (χ3n) is 2.94. The first kappa shape index (κ1) is 12.8. The van der Waals surface area contributed by atoms with Crippen molar-refractivity contribution in [1.29, 1.82) is 0 Å². The smallest absolute Gasteiger partial charge is 0.0827 e. The fraction of sp³-hybridized carbons (Fsp3) is 0.429. The average Bonchev–Trinajstić information content (AvgIpc) is 2.80. The van der Waals surface area contributed by atoms with Crippen molar-refractivity contribution in [3.05, 3.63) is 47.3 Å². The fourth-order valence-corrected chi connectivity index (χ4v) is 1.86. The lowest BCUT2D eigenvalue weighted by Gasteiger charge is -2.01. The Morgan fingerprint density at radius 3 is 2.67 bits per heavy atom. The maximum absolute atomic E-state index is 5.47. The zero-order valence-corrected chi connectivity index (χ0v) is 10.8. The highest BCUT2D eigenvalue weighted by molar-refractivity contribution is 5.21. The summed E-state index contributed by atoms with van der Waals surface area (Å²) in [5.74, 6) is 0. The second-order valence-corrected chi connectivity index (χ2v) is 4.64. The third kappa shape index (κ3) is 3.67. The molecule has 0 amide bonds. The summed E-state index contributed by atoms with van der Waals surface area (Å²) in [6.45, 7) is 3.62. The molecule has 18 heavy (non-hydrogen) atoms.